The van der Waals surface area contributed by atoms with Crippen LogP contribution in [-0.2, 0) is 36.7 Å². The minimum Gasteiger partial charge on any atom is -0.512 e. The van der Waals surface area contributed by atoms with Crippen molar-refractivity contribution >= 4 is 48.1 Å². The number of pyridine rings is 1. The number of aliphatic hydroxyl groups excluding tert-OH is 1. The number of carbonyl (C=O) groups is 1. The van der Waals surface area contributed by atoms with E-state index in [9.17, 15) is 9.90 Å². The van der Waals surface area contributed by atoms with E-state index in [0.717, 1.165) is 48.7 Å². The van der Waals surface area contributed by atoms with E-state index in [0.29, 0.717) is 0 Å². The summed E-state index contributed by atoms with van der Waals surface area (Å²) in [6, 6.07) is 21.2. The Morgan fingerprint density at radius 1 is 0.898 bits per heavy atom. The van der Waals surface area contributed by atoms with E-state index in [1.54, 1.807) is 0 Å². The van der Waals surface area contributed by atoms with Crippen LogP contribution in [0.15, 0.2) is 66.5 Å². The Balaban J connectivity index is 0.000000340. The molecule has 0 atom stereocenters. The van der Waals surface area contributed by atoms with E-state index >= 15 is 0 Å². The second-order valence-corrected chi connectivity index (χ2v) is 16.4. The number of allylic oxidation sites excluding steroid dienone is 2. The zero-order valence-electron chi connectivity index (χ0n) is 32.4. The van der Waals surface area contributed by atoms with Gasteiger partial charge in [0.05, 0.1) is 7.13 Å². The number of hydrogen-bond acceptors (Lipinski definition) is 4. The third-order valence-electron chi connectivity index (χ3n) is 9.46. The summed E-state index contributed by atoms with van der Waals surface area (Å²) >= 11 is 1.89. The molecular formula is C44H56IrNO2S-. The van der Waals surface area contributed by atoms with Crippen molar-refractivity contribution < 1.29 is 31.4 Å². The molecule has 49 heavy (non-hydrogen) atoms. The van der Waals surface area contributed by atoms with Crippen molar-refractivity contribution in [1.29, 1.82) is 0 Å². The maximum atomic E-state index is 11.9. The average Bonchev–Trinajstić information content (AvgIpc) is 3.45. The number of thiophene rings is 1. The fourth-order valence-corrected chi connectivity index (χ4v) is 7.86. The van der Waals surface area contributed by atoms with E-state index in [1.165, 1.54) is 42.2 Å². The largest absolute Gasteiger partial charge is 0.512 e. The van der Waals surface area contributed by atoms with Crippen LogP contribution in [0.4, 0.5) is 0 Å². The molecule has 0 aliphatic carbocycles. The number of aliphatic hydroxyl groups is 1. The van der Waals surface area contributed by atoms with Gasteiger partial charge < -0.3 is 5.11 Å². The zero-order valence-corrected chi connectivity index (χ0v) is 34.6. The summed E-state index contributed by atoms with van der Waals surface area (Å²) in [4.78, 5) is 16.8. The van der Waals surface area contributed by atoms with Crippen LogP contribution < -0.4 is 0 Å². The fraction of sp³-hybridized carbons (Fsp3) is 0.455. The Labute approximate surface area is 314 Å². The predicted molar refractivity (Wildman–Crippen MR) is 209 cm³/mol. The summed E-state index contributed by atoms with van der Waals surface area (Å²) in [6.07, 6.45) is 6.03. The smallest absolute Gasteiger partial charge is 0.162 e. The minimum atomic E-state index is -0.214. The Morgan fingerprint density at radius 3 is 2.10 bits per heavy atom. The predicted octanol–water partition coefficient (Wildman–Crippen LogP) is 13.1. The van der Waals surface area contributed by atoms with Crippen molar-refractivity contribution in [3.63, 3.8) is 0 Å². The number of rotatable bonds is 9. The third-order valence-corrected chi connectivity index (χ3v) is 10.8. The summed E-state index contributed by atoms with van der Waals surface area (Å²) in [5.74, 6) is -0.411. The number of aromatic nitrogens is 1. The molecule has 1 N–H and O–H groups in total. The van der Waals surface area contributed by atoms with Gasteiger partial charge in [-0.25, -0.2) is 0 Å². The van der Waals surface area contributed by atoms with Gasteiger partial charge in [0.1, 0.15) is 0 Å². The first kappa shape index (κ1) is 38.9. The van der Waals surface area contributed by atoms with Gasteiger partial charge in [-0.2, -0.15) is 0 Å². The number of carbonyl (C=O) groups excluding carboxylic acids is 1. The van der Waals surface area contributed by atoms with Crippen molar-refractivity contribution in [3.05, 3.63) is 89.3 Å². The van der Waals surface area contributed by atoms with E-state index in [2.05, 4.69) is 103 Å². The molecule has 0 unspecified atom stereocenters. The SMILES string of the molecule is Cc1c(CC(C)(C)C)ccc2c1sc1c(-c3[c-]c4ccccc4c(C(C)(C)C)c3)nccc12.[2H]/C(C(=O)C(CC)CC)=C(/O)C(CC)CC.[Ir]. The normalized spacial score (nSPS) is 13.0. The third kappa shape index (κ3) is 9.48. The second-order valence-electron chi connectivity index (χ2n) is 15.4. The number of ketones is 1. The molecule has 5 aromatic rings. The standard InChI is InChI=1S/C31H32NS.C13H24O2.Ir/c1-19-21(18-30(2,3)4)12-13-24-25-14-15-32-27(29(25)33-28(19)24)22-16-20-10-8-9-11-23(20)26(17-22)31(5,6)7;1-5-10(6-2)12(14)9-13(15)11(7-3)8-4;/h8-15,17H,18H2,1-7H3;9-11,14H,5-8H2,1-4H3;/q-1;;/b;12-9-;/i;9D;. The van der Waals surface area contributed by atoms with Crippen molar-refractivity contribution in [2.24, 2.45) is 17.3 Å². The second kappa shape index (κ2) is 16.9. The van der Waals surface area contributed by atoms with Gasteiger partial charge in [0.2, 0.25) is 0 Å². The van der Waals surface area contributed by atoms with E-state index in [-0.39, 0.29) is 60.4 Å². The van der Waals surface area contributed by atoms with E-state index < -0.39 is 0 Å². The molecule has 5 rings (SSSR count). The van der Waals surface area contributed by atoms with Gasteiger partial charge in [-0.15, -0.1) is 40.5 Å². The van der Waals surface area contributed by atoms with Gasteiger partial charge in [-0.05, 0) is 72.4 Å². The Kier molecular flexibility index (Phi) is 13.4. The average molecular weight is 856 g/mol. The van der Waals surface area contributed by atoms with Crippen molar-refractivity contribution in [1.82, 2.24) is 4.98 Å². The number of hydrogen-bond donors (Lipinski definition) is 1. The molecule has 5 heteroatoms. The number of aryl methyl sites for hydroxylation is 1. The van der Waals surface area contributed by atoms with Crippen LogP contribution in [0, 0.1) is 30.2 Å². The summed E-state index contributed by atoms with van der Waals surface area (Å²) in [6.45, 7) is 23.9. The monoisotopic (exact) mass is 856 g/mol. The topological polar surface area (TPSA) is 50.2 Å². The van der Waals surface area contributed by atoms with Gasteiger partial charge in [0.25, 0.3) is 0 Å². The molecule has 0 aliphatic heterocycles. The molecule has 0 saturated heterocycles. The van der Waals surface area contributed by atoms with Crippen molar-refractivity contribution in [2.75, 3.05) is 0 Å². The zero-order chi connectivity index (χ0) is 36.3. The molecular weight excluding hydrogens is 799 g/mol. The van der Waals surface area contributed by atoms with Gasteiger partial charge in [-0.3, -0.25) is 9.78 Å². The molecule has 2 heterocycles. The fourth-order valence-electron chi connectivity index (χ4n) is 6.54. The number of fused-ring (bicyclic) bond motifs is 4. The summed E-state index contributed by atoms with van der Waals surface area (Å²) in [5.41, 5.74) is 6.64. The molecule has 0 amide bonds. The minimum absolute atomic E-state index is 0. The van der Waals surface area contributed by atoms with Gasteiger partial charge in [0.15, 0.2) is 5.78 Å². The first-order chi connectivity index (χ1) is 23.1. The quantitative estimate of drug-likeness (QED) is 0.0913. The van der Waals surface area contributed by atoms with Crippen LogP contribution >= 0.6 is 11.3 Å². The van der Waals surface area contributed by atoms with Crippen LogP contribution in [0.2, 0.25) is 0 Å². The molecule has 1 radical (unpaired) electrons. The van der Waals surface area contributed by atoms with E-state index in [1.807, 2.05) is 45.2 Å². The van der Waals surface area contributed by atoms with Crippen LogP contribution in [0.1, 0.15) is 113 Å². The molecule has 0 spiro atoms. The molecule has 0 saturated carbocycles. The summed E-state index contributed by atoms with van der Waals surface area (Å²) < 4.78 is 10.4. The number of nitrogens with zero attached hydrogens (tertiary/aromatic N) is 1. The first-order valence-electron chi connectivity index (χ1n) is 18.3. The van der Waals surface area contributed by atoms with Crippen molar-refractivity contribution in [2.45, 2.75) is 114 Å². The molecule has 0 aliphatic rings. The van der Waals surface area contributed by atoms with E-state index in [4.69, 9.17) is 6.35 Å². The molecule has 3 nitrogen and oxygen atoms in total. The first-order valence-corrected chi connectivity index (χ1v) is 18.6. The Morgan fingerprint density at radius 2 is 1.51 bits per heavy atom. The maximum absolute atomic E-state index is 11.9. The van der Waals surface area contributed by atoms with Gasteiger partial charge >= 0.3 is 0 Å². The molecule has 0 fully saturated rings. The summed E-state index contributed by atoms with van der Waals surface area (Å²) in [5, 5.41) is 14.9. The number of benzene rings is 3. The van der Waals surface area contributed by atoms with Gasteiger partial charge in [-0.1, -0.05) is 111 Å². The van der Waals surface area contributed by atoms with Crippen LogP contribution in [0.25, 0.3) is 42.2 Å². The van der Waals surface area contributed by atoms with Gasteiger partial charge in [0, 0.05) is 64.7 Å². The summed E-state index contributed by atoms with van der Waals surface area (Å²) in [7, 11) is 0. The molecule has 2 aromatic heterocycles. The van der Waals surface area contributed by atoms with Crippen LogP contribution in [0.3, 0.4) is 0 Å². The molecule has 265 valence electrons. The van der Waals surface area contributed by atoms with Crippen LogP contribution in [0.5, 0.6) is 0 Å². The maximum Gasteiger partial charge on any atom is 0.162 e. The molecule has 3 aromatic carbocycles. The van der Waals surface area contributed by atoms with Crippen LogP contribution in [-0.4, -0.2) is 15.9 Å². The Hall–Kier alpha value is -2.85. The van der Waals surface area contributed by atoms with Crippen molar-refractivity contribution in [3.8, 4) is 11.3 Å². The Bertz CT molecular complexity index is 1970. The molecule has 0 bridgehead atoms.